The van der Waals surface area contributed by atoms with Gasteiger partial charge >= 0.3 is 5.69 Å². The predicted octanol–water partition coefficient (Wildman–Crippen LogP) is 1.82. The van der Waals surface area contributed by atoms with Crippen molar-refractivity contribution < 1.29 is 10.0 Å². The van der Waals surface area contributed by atoms with Crippen LogP contribution in [0.5, 0.6) is 0 Å². The number of para-hydroxylation sites is 1. The number of aliphatic hydroxyl groups is 1. The molecule has 0 aliphatic carbocycles. The lowest BCUT2D eigenvalue weighted by Gasteiger charge is -2.12. The third-order valence-electron chi connectivity index (χ3n) is 2.49. The Kier molecular flexibility index (Phi) is 4.71. The minimum absolute atomic E-state index is 0.00157. The van der Waals surface area contributed by atoms with E-state index in [1.807, 2.05) is 6.92 Å². The Bertz CT molecular complexity index is 396. The number of nitrogens with one attached hydrogen (secondary N) is 2. The molecule has 6 heteroatoms. The van der Waals surface area contributed by atoms with Crippen LogP contribution in [0.1, 0.15) is 13.3 Å². The highest BCUT2D eigenvalue weighted by Gasteiger charge is 2.18. The summed E-state index contributed by atoms with van der Waals surface area (Å²) in [5, 5.41) is 26.1. The SMILES string of the molecule is CCC(O)CNc1cccc(NC)c1[N+](=O)[O-]. The summed E-state index contributed by atoms with van der Waals surface area (Å²) in [5.41, 5.74) is 0.860. The summed E-state index contributed by atoms with van der Waals surface area (Å²) in [4.78, 5) is 10.5. The number of nitro groups is 1. The third kappa shape index (κ3) is 3.32. The average Bonchev–Trinajstić information content (AvgIpc) is 2.34. The molecule has 17 heavy (non-hydrogen) atoms. The van der Waals surface area contributed by atoms with Gasteiger partial charge in [-0.05, 0) is 18.6 Å². The highest BCUT2D eigenvalue weighted by molar-refractivity contribution is 5.75. The van der Waals surface area contributed by atoms with Gasteiger partial charge in [0.05, 0.1) is 11.0 Å². The summed E-state index contributed by atoms with van der Waals surface area (Å²) in [6, 6.07) is 4.99. The minimum Gasteiger partial charge on any atom is -0.391 e. The molecular weight excluding hydrogens is 222 g/mol. The minimum atomic E-state index is -0.507. The maximum Gasteiger partial charge on any atom is 0.315 e. The second-order valence-electron chi connectivity index (χ2n) is 3.65. The molecule has 0 saturated carbocycles. The maximum absolute atomic E-state index is 11.0. The molecule has 0 aromatic heterocycles. The van der Waals surface area contributed by atoms with Crippen LogP contribution < -0.4 is 10.6 Å². The first kappa shape index (κ1) is 13.2. The van der Waals surface area contributed by atoms with E-state index < -0.39 is 11.0 Å². The number of hydrogen-bond donors (Lipinski definition) is 3. The zero-order chi connectivity index (χ0) is 12.8. The lowest BCUT2D eigenvalue weighted by molar-refractivity contribution is -0.383. The topological polar surface area (TPSA) is 87.4 Å². The monoisotopic (exact) mass is 239 g/mol. The van der Waals surface area contributed by atoms with Crippen molar-refractivity contribution in [1.29, 1.82) is 0 Å². The van der Waals surface area contributed by atoms with Crippen molar-refractivity contribution in [3.05, 3.63) is 28.3 Å². The molecule has 1 unspecified atom stereocenters. The molecule has 0 aliphatic heterocycles. The molecule has 0 fully saturated rings. The molecule has 1 aromatic rings. The van der Waals surface area contributed by atoms with Crippen molar-refractivity contribution in [2.75, 3.05) is 24.2 Å². The van der Waals surface area contributed by atoms with E-state index in [4.69, 9.17) is 0 Å². The van der Waals surface area contributed by atoms with Gasteiger partial charge in [-0.3, -0.25) is 10.1 Å². The summed E-state index contributed by atoms with van der Waals surface area (Å²) < 4.78 is 0. The summed E-state index contributed by atoms with van der Waals surface area (Å²) in [6.45, 7) is 2.15. The molecule has 94 valence electrons. The number of benzene rings is 1. The first-order chi connectivity index (χ1) is 8.10. The fraction of sp³-hybridized carbons (Fsp3) is 0.455. The van der Waals surface area contributed by atoms with Gasteiger partial charge in [-0.1, -0.05) is 13.0 Å². The van der Waals surface area contributed by atoms with E-state index in [0.717, 1.165) is 0 Å². The molecule has 0 bridgehead atoms. The zero-order valence-corrected chi connectivity index (χ0v) is 9.93. The van der Waals surface area contributed by atoms with Gasteiger partial charge in [0.2, 0.25) is 0 Å². The van der Waals surface area contributed by atoms with Gasteiger partial charge in [0.25, 0.3) is 0 Å². The molecule has 1 aromatic carbocycles. The molecule has 1 rings (SSSR count). The van der Waals surface area contributed by atoms with Crippen LogP contribution in [0.2, 0.25) is 0 Å². The summed E-state index contributed by atoms with van der Waals surface area (Å²) in [5.74, 6) is 0. The van der Waals surface area contributed by atoms with Crippen molar-refractivity contribution in [3.8, 4) is 0 Å². The van der Waals surface area contributed by atoms with Crippen LogP contribution >= 0.6 is 0 Å². The molecule has 0 aliphatic rings. The Balaban J connectivity index is 2.94. The Morgan fingerprint density at radius 1 is 1.47 bits per heavy atom. The smallest absolute Gasteiger partial charge is 0.315 e. The Morgan fingerprint density at radius 2 is 2.12 bits per heavy atom. The maximum atomic E-state index is 11.0. The summed E-state index contributed by atoms with van der Waals surface area (Å²) in [7, 11) is 1.63. The lowest BCUT2D eigenvalue weighted by atomic mass is 10.2. The first-order valence-electron chi connectivity index (χ1n) is 5.47. The second-order valence-corrected chi connectivity index (χ2v) is 3.65. The second kappa shape index (κ2) is 6.05. The van der Waals surface area contributed by atoms with Crippen LogP contribution in [0.25, 0.3) is 0 Å². The van der Waals surface area contributed by atoms with Crippen molar-refractivity contribution >= 4 is 17.1 Å². The van der Waals surface area contributed by atoms with Crippen molar-refractivity contribution in [3.63, 3.8) is 0 Å². The number of nitro benzene ring substituents is 1. The predicted molar refractivity (Wildman–Crippen MR) is 67.4 cm³/mol. The molecule has 0 heterocycles. The molecule has 0 radical (unpaired) electrons. The highest BCUT2D eigenvalue weighted by atomic mass is 16.6. The van der Waals surface area contributed by atoms with E-state index in [1.54, 1.807) is 25.2 Å². The van der Waals surface area contributed by atoms with E-state index in [9.17, 15) is 15.2 Å². The van der Waals surface area contributed by atoms with Crippen molar-refractivity contribution in [2.24, 2.45) is 0 Å². The largest absolute Gasteiger partial charge is 0.391 e. The average molecular weight is 239 g/mol. The first-order valence-corrected chi connectivity index (χ1v) is 5.47. The zero-order valence-electron chi connectivity index (χ0n) is 9.93. The summed E-state index contributed by atoms with van der Waals surface area (Å²) in [6.07, 6.45) is 0.0971. The van der Waals surface area contributed by atoms with E-state index in [2.05, 4.69) is 10.6 Å². The van der Waals surface area contributed by atoms with Crippen LogP contribution in [0, 0.1) is 10.1 Å². The third-order valence-corrected chi connectivity index (χ3v) is 2.49. The van der Waals surface area contributed by atoms with Gasteiger partial charge in [0.15, 0.2) is 0 Å². The van der Waals surface area contributed by atoms with E-state index >= 15 is 0 Å². The standard InChI is InChI=1S/C11H17N3O3/c1-3-8(15)7-13-10-6-4-5-9(12-2)11(10)14(16)17/h4-6,8,12-13,15H,3,7H2,1-2H3. The van der Waals surface area contributed by atoms with Crippen LogP contribution in [0.3, 0.4) is 0 Å². The van der Waals surface area contributed by atoms with Crippen molar-refractivity contribution in [1.82, 2.24) is 0 Å². The van der Waals surface area contributed by atoms with Crippen LogP contribution in [0.4, 0.5) is 17.1 Å². The van der Waals surface area contributed by atoms with E-state index in [-0.39, 0.29) is 5.69 Å². The molecular formula is C11H17N3O3. The number of hydrogen-bond acceptors (Lipinski definition) is 5. The molecule has 0 spiro atoms. The normalized spacial score (nSPS) is 11.9. The van der Waals surface area contributed by atoms with Gasteiger partial charge in [-0.25, -0.2) is 0 Å². The van der Waals surface area contributed by atoms with Crippen LogP contribution in [-0.2, 0) is 0 Å². The quantitative estimate of drug-likeness (QED) is 0.520. The number of nitrogens with zero attached hydrogens (tertiary/aromatic N) is 1. The van der Waals surface area contributed by atoms with Gasteiger partial charge < -0.3 is 15.7 Å². The molecule has 0 amide bonds. The van der Waals surface area contributed by atoms with Crippen LogP contribution in [-0.4, -0.2) is 29.7 Å². The molecule has 0 saturated heterocycles. The molecule has 1 atom stereocenters. The number of anilines is 2. The Morgan fingerprint density at radius 3 is 2.65 bits per heavy atom. The fourth-order valence-corrected chi connectivity index (χ4v) is 1.46. The highest BCUT2D eigenvalue weighted by Crippen LogP contribution is 2.32. The van der Waals surface area contributed by atoms with Crippen molar-refractivity contribution in [2.45, 2.75) is 19.4 Å². The fourth-order valence-electron chi connectivity index (χ4n) is 1.46. The van der Waals surface area contributed by atoms with Gasteiger partial charge in [0, 0.05) is 13.6 Å². The van der Waals surface area contributed by atoms with Gasteiger partial charge in [-0.15, -0.1) is 0 Å². The number of aliphatic hydroxyl groups excluding tert-OH is 1. The van der Waals surface area contributed by atoms with Gasteiger partial charge in [-0.2, -0.15) is 0 Å². The van der Waals surface area contributed by atoms with E-state index in [0.29, 0.717) is 24.3 Å². The molecule has 6 nitrogen and oxygen atoms in total. The Hall–Kier alpha value is -1.82. The number of rotatable bonds is 6. The summed E-state index contributed by atoms with van der Waals surface area (Å²) >= 11 is 0. The lowest BCUT2D eigenvalue weighted by Crippen LogP contribution is -2.18. The van der Waals surface area contributed by atoms with Crippen LogP contribution in [0.15, 0.2) is 18.2 Å². The Labute approximate surface area is 99.8 Å². The van der Waals surface area contributed by atoms with Gasteiger partial charge in [0.1, 0.15) is 11.4 Å². The van der Waals surface area contributed by atoms with E-state index in [1.165, 1.54) is 0 Å². The molecule has 3 N–H and O–H groups in total.